The molecule has 0 spiro atoms. The monoisotopic (exact) mass is 538 g/mol. The van der Waals surface area contributed by atoms with Gasteiger partial charge in [-0.3, -0.25) is 9.69 Å². The third-order valence-corrected chi connectivity index (χ3v) is 8.63. The van der Waals surface area contributed by atoms with Crippen LogP contribution >= 0.6 is 15.9 Å². The summed E-state index contributed by atoms with van der Waals surface area (Å²) in [6.45, 7) is 6.21. The number of halogens is 2. The molecule has 4 rings (SSSR count). The summed E-state index contributed by atoms with van der Waals surface area (Å²) in [5.74, 6) is -0.299. The lowest BCUT2D eigenvalue weighted by atomic mass is 10.2. The highest BCUT2D eigenvalue weighted by molar-refractivity contribution is 9.10. The Bertz CT molecular complexity index is 1140. The number of amides is 1. The smallest absolute Gasteiger partial charge is 0.241 e. The number of hydrogen-bond donors (Lipinski definition) is 1. The van der Waals surface area contributed by atoms with Crippen LogP contribution in [0.3, 0.4) is 0 Å². The first kappa shape index (κ1) is 24.1. The van der Waals surface area contributed by atoms with Gasteiger partial charge < -0.3 is 9.80 Å². The fourth-order valence-electron chi connectivity index (χ4n) is 4.43. The molecule has 0 bridgehead atoms. The second-order valence-corrected chi connectivity index (χ2v) is 11.0. The van der Waals surface area contributed by atoms with Crippen LogP contribution in [0.2, 0.25) is 0 Å². The molecule has 2 aromatic carbocycles. The minimum absolute atomic E-state index is 0.0949. The van der Waals surface area contributed by atoms with E-state index in [4.69, 9.17) is 0 Å². The summed E-state index contributed by atoms with van der Waals surface area (Å²) in [6, 6.07) is 10.2. The van der Waals surface area contributed by atoms with Gasteiger partial charge in [0.05, 0.1) is 10.6 Å². The summed E-state index contributed by atoms with van der Waals surface area (Å²) >= 11 is 3.38. The number of anilines is 2. The molecule has 2 heterocycles. The maximum Gasteiger partial charge on any atom is 0.241 e. The van der Waals surface area contributed by atoms with Gasteiger partial charge in [-0.15, -0.1) is 0 Å². The van der Waals surface area contributed by atoms with Crippen molar-refractivity contribution in [3.8, 4) is 0 Å². The molecule has 2 aliphatic heterocycles. The van der Waals surface area contributed by atoms with E-state index in [0.29, 0.717) is 41.8 Å². The Hall–Kier alpha value is -2.01. The van der Waals surface area contributed by atoms with Gasteiger partial charge in [0.15, 0.2) is 0 Å². The maximum atomic E-state index is 14.0. The average Bonchev–Trinajstić information content (AvgIpc) is 3.20. The van der Waals surface area contributed by atoms with Gasteiger partial charge >= 0.3 is 0 Å². The standard InChI is InChI=1S/C23H28BrFN4O3S/c1-17(30)29-10-7-18-15-19(24)23(16-22(18)29)33(31,32)26-8-4-9-27-11-13-28(14-12-27)21-6-3-2-5-20(21)25/h2-3,5-6,15-16,26H,4,7-14H2,1H3. The number of piperazine rings is 1. The van der Waals surface area contributed by atoms with Crippen LogP contribution < -0.4 is 14.5 Å². The fourth-order valence-corrected chi connectivity index (χ4v) is 6.61. The zero-order chi connectivity index (χ0) is 23.6. The molecular weight excluding hydrogens is 511 g/mol. The fraction of sp³-hybridized carbons (Fsp3) is 0.435. The highest BCUT2D eigenvalue weighted by Gasteiger charge is 2.27. The van der Waals surface area contributed by atoms with Crippen LogP contribution in [-0.4, -0.2) is 65.0 Å². The minimum Gasteiger partial charge on any atom is -0.367 e. The number of para-hydroxylation sites is 1. The van der Waals surface area contributed by atoms with E-state index in [-0.39, 0.29) is 16.6 Å². The molecule has 1 N–H and O–H groups in total. The number of nitrogens with zero attached hydrogens (tertiary/aromatic N) is 3. The summed E-state index contributed by atoms with van der Waals surface area (Å²) in [7, 11) is -3.72. The van der Waals surface area contributed by atoms with Crippen molar-refractivity contribution in [2.24, 2.45) is 0 Å². The summed E-state index contributed by atoms with van der Waals surface area (Å²) in [6.07, 6.45) is 1.38. The van der Waals surface area contributed by atoms with Crippen LogP contribution in [0.1, 0.15) is 18.9 Å². The van der Waals surface area contributed by atoms with Gasteiger partial charge in [0.1, 0.15) is 5.82 Å². The molecule has 0 aromatic heterocycles. The third kappa shape index (κ3) is 5.40. The molecular formula is C23H28BrFN4O3S. The Morgan fingerprint density at radius 3 is 2.52 bits per heavy atom. The first-order valence-electron chi connectivity index (χ1n) is 11.1. The molecule has 0 atom stereocenters. The van der Waals surface area contributed by atoms with Crippen LogP contribution in [0.5, 0.6) is 0 Å². The lowest BCUT2D eigenvalue weighted by molar-refractivity contribution is -0.116. The highest BCUT2D eigenvalue weighted by atomic mass is 79.9. The number of sulfonamides is 1. The number of carbonyl (C=O) groups is 1. The molecule has 0 radical (unpaired) electrons. The van der Waals surface area contributed by atoms with E-state index in [2.05, 4.69) is 25.6 Å². The first-order chi connectivity index (χ1) is 15.8. The molecule has 2 aromatic rings. The van der Waals surface area contributed by atoms with Crippen molar-refractivity contribution < 1.29 is 17.6 Å². The van der Waals surface area contributed by atoms with Gasteiger partial charge in [-0.1, -0.05) is 12.1 Å². The summed E-state index contributed by atoms with van der Waals surface area (Å²) in [5.41, 5.74) is 2.26. The lowest BCUT2D eigenvalue weighted by Crippen LogP contribution is -2.47. The molecule has 0 saturated carbocycles. The Kier molecular flexibility index (Phi) is 7.37. The second kappa shape index (κ2) is 10.1. The summed E-state index contributed by atoms with van der Waals surface area (Å²) in [5, 5.41) is 0. The second-order valence-electron chi connectivity index (χ2n) is 8.36. The zero-order valence-corrected chi connectivity index (χ0v) is 21.0. The van der Waals surface area contributed by atoms with Crippen molar-refractivity contribution in [3.63, 3.8) is 0 Å². The van der Waals surface area contributed by atoms with E-state index >= 15 is 0 Å². The van der Waals surface area contributed by atoms with Crippen LogP contribution in [0.4, 0.5) is 15.8 Å². The number of hydrogen-bond acceptors (Lipinski definition) is 5. The molecule has 33 heavy (non-hydrogen) atoms. The van der Waals surface area contributed by atoms with Crippen molar-refractivity contribution >= 4 is 43.2 Å². The molecule has 0 aliphatic carbocycles. The molecule has 1 saturated heterocycles. The minimum atomic E-state index is -3.72. The Balaban J connectivity index is 1.29. The predicted octanol–water partition coefficient (Wildman–Crippen LogP) is 2.99. The van der Waals surface area contributed by atoms with E-state index in [1.54, 1.807) is 29.2 Å². The molecule has 2 aliphatic rings. The Labute approximate surface area is 202 Å². The van der Waals surface area contributed by atoms with Gasteiger partial charge in [0.25, 0.3) is 0 Å². The maximum absolute atomic E-state index is 14.0. The molecule has 178 valence electrons. The quantitative estimate of drug-likeness (QED) is 0.548. The van der Waals surface area contributed by atoms with Gasteiger partial charge in [-0.2, -0.15) is 0 Å². The van der Waals surface area contributed by atoms with Crippen LogP contribution in [-0.2, 0) is 21.2 Å². The molecule has 7 nitrogen and oxygen atoms in total. The zero-order valence-electron chi connectivity index (χ0n) is 18.6. The van der Waals surface area contributed by atoms with Gasteiger partial charge in [0.2, 0.25) is 15.9 Å². The van der Waals surface area contributed by atoms with Crippen molar-refractivity contribution in [1.29, 1.82) is 0 Å². The number of fused-ring (bicyclic) bond motifs is 1. The van der Waals surface area contributed by atoms with Gasteiger partial charge in [0, 0.05) is 56.4 Å². The normalized spacial score (nSPS) is 16.8. The number of rotatable bonds is 7. The van der Waals surface area contributed by atoms with Crippen molar-refractivity contribution in [2.75, 3.05) is 55.6 Å². The topological polar surface area (TPSA) is 73.0 Å². The molecule has 0 unspecified atom stereocenters. The molecule has 1 amide bonds. The van der Waals surface area contributed by atoms with Gasteiger partial charge in [-0.05, 0) is 65.1 Å². The van der Waals surface area contributed by atoms with E-state index in [1.807, 2.05) is 11.0 Å². The van der Waals surface area contributed by atoms with Crippen LogP contribution in [0.15, 0.2) is 45.8 Å². The largest absolute Gasteiger partial charge is 0.367 e. The summed E-state index contributed by atoms with van der Waals surface area (Å²) in [4.78, 5) is 17.9. The van der Waals surface area contributed by atoms with Gasteiger partial charge in [-0.25, -0.2) is 17.5 Å². The highest BCUT2D eigenvalue weighted by Crippen LogP contribution is 2.35. The van der Waals surface area contributed by atoms with Crippen molar-refractivity contribution in [3.05, 3.63) is 52.3 Å². The van der Waals surface area contributed by atoms with Crippen LogP contribution in [0, 0.1) is 5.82 Å². The van der Waals surface area contributed by atoms with E-state index in [9.17, 15) is 17.6 Å². The average molecular weight is 539 g/mol. The third-order valence-electron chi connectivity index (χ3n) is 6.21. The summed E-state index contributed by atoms with van der Waals surface area (Å²) < 4.78 is 43.0. The lowest BCUT2D eigenvalue weighted by Gasteiger charge is -2.36. The predicted molar refractivity (Wildman–Crippen MR) is 131 cm³/mol. The molecule has 1 fully saturated rings. The van der Waals surface area contributed by atoms with Crippen LogP contribution in [0.25, 0.3) is 0 Å². The van der Waals surface area contributed by atoms with Crippen molar-refractivity contribution in [1.82, 2.24) is 9.62 Å². The number of carbonyl (C=O) groups excluding carboxylic acids is 1. The van der Waals surface area contributed by atoms with E-state index < -0.39 is 10.0 Å². The number of benzene rings is 2. The first-order valence-corrected chi connectivity index (χ1v) is 13.4. The number of nitrogens with one attached hydrogen (secondary N) is 1. The van der Waals surface area contributed by atoms with E-state index in [0.717, 1.165) is 38.3 Å². The Morgan fingerprint density at radius 1 is 1.09 bits per heavy atom. The Morgan fingerprint density at radius 2 is 1.82 bits per heavy atom. The SMILES string of the molecule is CC(=O)N1CCc2cc(Br)c(S(=O)(=O)NCCCN3CCN(c4ccccc4F)CC3)cc21. The van der Waals surface area contributed by atoms with E-state index in [1.165, 1.54) is 13.0 Å². The molecule has 10 heteroatoms. The van der Waals surface area contributed by atoms with Crippen molar-refractivity contribution in [2.45, 2.75) is 24.7 Å².